The highest BCUT2D eigenvalue weighted by Crippen LogP contribution is 2.38. The fourth-order valence-electron chi connectivity index (χ4n) is 3.40. The molecule has 0 aliphatic heterocycles. The van der Waals surface area contributed by atoms with Crippen LogP contribution in [0.3, 0.4) is 0 Å². The van der Waals surface area contributed by atoms with Crippen LogP contribution in [0.15, 0.2) is 16.8 Å². The van der Waals surface area contributed by atoms with Gasteiger partial charge < -0.3 is 5.32 Å². The minimum Gasteiger partial charge on any atom is -0.309 e. The van der Waals surface area contributed by atoms with Crippen LogP contribution in [-0.2, 0) is 0 Å². The Morgan fingerprint density at radius 3 is 2.16 bits per heavy atom. The Balaban J connectivity index is 3.18. The molecule has 19 heavy (non-hydrogen) atoms. The third kappa shape index (κ3) is 3.39. The molecule has 0 aliphatic rings. The van der Waals surface area contributed by atoms with Gasteiger partial charge in [0.15, 0.2) is 0 Å². The van der Waals surface area contributed by atoms with Gasteiger partial charge in [0.05, 0.1) is 6.04 Å². The largest absolute Gasteiger partial charge is 0.309 e. The second-order valence-corrected chi connectivity index (χ2v) is 5.81. The second kappa shape index (κ2) is 8.03. The molecule has 0 aromatic carbocycles. The number of hydrogen-bond donors (Lipinski definition) is 1. The van der Waals surface area contributed by atoms with Crippen LogP contribution in [0.25, 0.3) is 0 Å². The predicted molar refractivity (Wildman–Crippen MR) is 87.0 cm³/mol. The molecule has 1 unspecified atom stereocenters. The first-order chi connectivity index (χ1) is 9.19. The molecule has 0 aliphatic carbocycles. The molecule has 0 saturated carbocycles. The van der Waals surface area contributed by atoms with Gasteiger partial charge in [-0.3, -0.25) is 4.90 Å². The lowest BCUT2D eigenvalue weighted by Crippen LogP contribution is -2.56. The van der Waals surface area contributed by atoms with Gasteiger partial charge in [-0.2, -0.15) is 11.3 Å². The van der Waals surface area contributed by atoms with E-state index < -0.39 is 0 Å². The van der Waals surface area contributed by atoms with Crippen molar-refractivity contribution in [2.24, 2.45) is 0 Å². The number of likely N-dealkylation sites (N-methyl/N-ethyl adjacent to an activating group) is 2. The molecule has 1 aromatic heterocycles. The predicted octanol–water partition coefficient (Wildman–Crippen LogP) is 4.30. The summed E-state index contributed by atoms with van der Waals surface area (Å²) in [6, 6.07) is 2.71. The van der Waals surface area contributed by atoms with Crippen LogP contribution in [0.5, 0.6) is 0 Å². The highest BCUT2D eigenvalue weighted by atomic mass is 32.1. The normalized spacial score (nSPS) is 14.0. The highest BCUT2D eigenvalue weighted by Gasteiger charge is 2.40. The van der Waals surface area contributed by atoms with Crippen molar-refractivity contribution in [3.05, 3.63) is 22.4 Å². The van der Waals surface area contributed by atoms with Gasteiger partial charge in [-0.25, -0.2) is 0 Å². The van der Waals surface area contributed by atoms with E-state index in [1.807, 2.05) is 0 Å². The molecule has 110 valence electrons. The standard InChI is InChI=1S/C16H30N2S/c1-6-16(7-2,18(9-4)10-5)15(17-8-3)14-11-12-19-13-14/h11-13,15,17H,6-10H2,1-5H3. The Kier molecular flexibility index (Phi) is 7.05. The number of nitrogens with one attached hydrogen (secondary N) is 1. The molecule has 1 atom stereocenters. The van der Waals surface area contributed by atoms with Gasteiger partial charge in [-0.05, 0) is 54.9 Å². The summed E-state index contributed by atoms with van der Waals surface area (Å²) in [6.07, 6.45) is 2.36. The quantitative estimate of drug-likeness (QED) is 0.726. The molecule has 1 N–H and O–H groups in total. The smallest absolute Gasteiger partial charge is 0.0515 e. The number of hydrogen-bond acceptors (Lipinski definition) is 3. The molecule has 0 amide bonds. The summed E-state index contributed by atoms with van der Waals surface area (Å²) in [6.45, 7) is 14.7. The van der Waals surface area contributed by atoms with Gasteiger partial charge in [0.25, 0.3) is 0 Å². The fraction of sp³-hybridized carbons (Fsp3) is 0.750. The maximum absolute atomic E-state index is 3.74. The third-order valence-electron chi connectivity index (χ3n) is 4.44. The molecule has 1 aromatic rings. The van der Waals surface area contributed by atoms with Gasteiger partial charge in [-0.15, -0.1) is 0 Å². The van der Waals surface area contributed by atoms with Gasteiger partial charge in [-0.1, -0.05) is 34.6 Å². The molecule has 0 spiro atoms. The summed E-state index contributed by atoms with van der Waals surface area (Å²) in [5, 5.41) is 8.24. The van der Waals surface area contributed by atoms with E-state index >= 15 is 0 Å². The first-order valence-electron chi connectivity index (χ1n) is 7.70. The SMILES string of the molecule is CCNC(c1ccsc1)C(CC)(CC)N(CC)CC. The monoisotopic (exact) mass is 282 g/mol. The average molecular weight is 282 g/mol. The molecule has 0 radical (unpaired) electrons. The Morgan fingerprint density at radius 2 is 1.79 bits per heavy atom. The van der Waals surface area contributed by atoms with Gasteiger partial charge in [0, 0.05) is 5.54 Å². The Hall–Kier alpha value is -0.380. The van der Waals surface area contributed by atoms with E-state index in [2.05, 4.69) is 61.7 Å². The zero-order chi connectivity index (χ0) is 14.3. The van der Waals surface area contributed by atoms with E-state index in [4.69, 9.17) is 0 Å². The molecular weight excluding hydrogens is 252 g/mol. The zero-order valence-corrected chi connectivity index (χ0v) is 14.0. The van der Waals surface area contributed by atoms with Crippen LogP contribution in [0, 0.1) is 0 Å². The lowest BCUT2D eigenvalue weighted by molar-refractivity contribution is 0.0494. The molecule has 1 rings (SSSR count). The first-order valence-corrected chi connectivity index (χ1v) is 8.64. The van der Waals surface area contributed by atoms with Crippen LogP contribution >= 0.6 is 11.3 Å². The number of nitrogens with zero attached hydrogens (tertiary/aromatic N) is 1. The minimum atomic E-state index is 0.223. The summed E-state index contributed by atoms with van der Waals surface area (Å²) in [4.78, 5) is 2.64. The van der Waals surface area contributed by atoms with Crippen molar-refractivity contribution >= 4 is 11.3 Å². The summed E-state index contributed by atoms with van der Waals surface area (Å²) in [7, 11) is 0. The third-order valence-corrected chi connectivity index (χ3v) is 5.14. The van der Waals surface area contributed by atoms with E-state index in [1.165, 1.54) is 18.4 Å². The molecule has 0 fully saturated rings. The van der Waals surface area contributed by atoms with Crippen molar-refractivity contribution in [1.82, 2.24) is 10.2 Å². The van der Waals surface area contributed by atoms with Crippen molar-refractivity contribution in [3.63, 3.8) is 0 Å². The van der Waals surface area contributed by atoms with Gasteiger partial charge in [0.2, 0.25) is 0 Å². The summed E-state index contributed by atoms with van der Waals surface area (Å²) in [5.41, 5.74) is 1.67. The van der Waals surface area contributed by atoms with Crippen molar-refractivity contribution in [2.45, 2.75) is 59.0 Å². The second-order valence-electron chi connectivity index (χ2n) is 5.03. The Labute approximate surface area is 123 Å². The van der Waals surface area contributed by atoms with Crippen molar-refractivity contribution in [2.75, 3.05) is 19.6 Å². The topological polar surface area (TPSA) is 15.3 Å². The van der Waals surface area contributed by atoms with Crippen LogP contribution in [0.1, 0.15) is 59.1 Å². The maximum Gasteiger partial charge on any atom is 0.0515 e. The average Bonchev–Trinajstić information content (AvgIpc) is 2.96. The van der Waals surface area contributed by atoms with Gasteiger partial charge in [0.1, 0.15) is 0 Å². The number of thiophene rings is 1. The van der Waals surface area contributed by atoms with Crippen LogP contribution < -0.4 is 5.32 Å². The van der Waals surface area contributed by atoms with Crippen LogP contribution in [0.2, 0.25) is 0 Å². The molecule has 3 heteroatoms. The van der Waals surface area contributed by atoms with E-state index in [0.29, 0.717) is 6.04 Å². The summed E-state index contributed by atoms with van der Waals surface area (Å²) in [5.74, 6) is 0. The zero-order valence-electron chi connectivity index (χ0n) is 13.2. The van der Waals surface area contributed by atoms with Crippen molar-refractivity contribution in [1.29, 1.82) is 0 Å². The van der Waals surface area contributed by atoms with Crippen LogP contribution in [-0.4, -0.2) is 30.1 Å². The van der Waals surface area contributed by atoms with E-state index in [0.717, 1.165) is 19.6 Å². The maximum atomic E-state index is 3.74. The summed E-state index contributed by atoms with van der Waals surface area (Å²) >= 11 is 1.80. The molecular formula is C16H30N2S. The molecule has 2 nitrogen and oxygen atoms in total. The first kappa shape index (κ1) is 16.7. The van der Waals surface area contributed by atoms with Crippen molar-refractivity contribution < 1.29 is 0 Å². The molecule has 1 heterocycles. The molecule has 0 saturated heterocycles. The van der Waals surface area contributed by atoms with E-state index in [-0.39, 0.29) is 5.54 Å². The fourth-order valence-corrected chi connectivity index (χ4v) is 4.09. The van der Waals surface area contributed by atoms with Crippen LogP contribution in [0.4, 0.5) is 0 Å². The number of rotatable bonds is 9. The summed E-state index contributed by atoms with van der Waals surface area (Å²) < 4.78 is 0. The van der Waals surface area contributed by atoms with Crippen molar-refractivity contribution in [3.8, 4) is 0 Å². The Bertz CT molecular complexity index is 327. The van der Waals surface area contributed by atoms with Gasteiger partial charge >= 0.3 is 0 Å². The molecule has 0 bridgehead atoms. The highest BCUT2D eigenvalue weighted by molar-refractivity contribution is 7.07. The minimum absolute atomic E-state index is 0.223. The van der Waals surface area contributed by atoms with E-state index in [9.17, 15) is 0 Å². The Morgan fingerprint density at radius 1 is 1.16 bits per heavy atom. The van der Waals surface area contributed by atoms with E-state index in [1.54, 1.807) is 11.3 Å². The lowest BCUT2D eigenvalue weighted by Gasteiger charge is -2.48. The lowest BCUT2D eigenvalue weighted by atomic mass is 9.79.